The van der Waals surface area contributed by atoms with Gasteiger partial charge in [0.25, 0.3) is 0 Å². The van der Waals surface area contributed by atoms with E-state index >= 15 is 0 Å². The Kier molecular flexibility index (Phi) is 5.64. The highest BCUT2D eigenvalue weighted by atomic mass is 16.5. The highest BCUT2D eigenvalue weighted by molar-refractivity contribution is 5.83. The lowest BCUT2D eigenvalue weighted by atomic mass is 10.3. The summed E-state index contributed by atoms with van der Waals surface area (Å²) in [7, 11) is 0. The molecule has 0 aliphatic carbocycles. The Morgan fingerprint density at radius 3 is 2.41 bits per heavy atom. The molecule has 0 radical (unpaired) electrons. The monoisotopic (exact) mass is 235 g/mol. The number of carbonyl (C=O) groups is 1. The van der Waals surface area contributed by atoms with Gasteiger partial charge in [-0.15, -0.1) is 0 Å². The summed E-state index contributed by atoms with van der Waals surface area (Å²) in [5.41, 5.74) is 0.858. The number of esters is 1. The van der Waals surface area contributed by atoms with Crippen LogP contribution in [0.1, 0.15) is 13.8 Å². The first-order valence-corrected chi connectivity index (χ1v) is 5.59. The number of para-hydroxylation sites is 1. The number of hydrogen-bond acceptors (Lipinski definition) is 4. The van der Waals surface area contributed by atoms with Gasteiger partial charge in [-0.05, 0) is 26.0 Å². The van der Waals surface area contributed by atoms with E-state index in [0.717, 1.165) is 5.69 Å². The lowest BCUT2D eigenvalue weighted by Crippen LogP contribution is -2.09. The van der Waals surface area contributed by atoms with Gasteiger partial charge >= 0.3 is 5.97 Å². The van der Waals surface area contributed by atoms with Crippen LogP contribution in [0.25, 0.3) is 0 Å². The molecule has 1 N–H and O–H groups in total. The summed E-state index contributed by atoms with van der Waals surface area (Å²) < 4.78 is 10.1. The molecule has 0 spiro atoms. The summed E-state index contributed by atoms with van der Waals surface area (Å²) >= 11 is 0. The van der Waals surface area contributed by atoms with E-state index in [-0.39, 0.29) is 0 Å². The second-order valence-corrected chi connectivity index (χ2v) is 3.18. The fraction of sp³-hybridized carbons (Fsp3) is 0.308. The molecular formula is C13H17NO3. The van der Waals surface area contributed by atoms with Crippen molar-refractivity contribution in [2.75, 3.05) is 18.5 Å². The van der Waals surface area contributed by atoms with Crippen molar-refractivity contribution in [1.82, 2.24) is 0 Å². The number of ether oxygens (including phenoxy) is 2. The Morgan fingerprint density at radius 2 is 1.82 bits per heavy atom. The van der Waals surface area contributed by atoms with E-state index in [9.17, 15) is 4.79 Å². The molecule has 0 amide bonds. The summed E-state index contributed by atoms with van der Waals surface area (Å²) in [6, 6.07) is 9.49. The van der Waals surface area contributed by atoms with Crippen molar-refractivity contribution in [2.45, 2.75) is 13.8 Å². The van der Waals surface area contributed by atoms with Gasteiger partial charge < -0.3 is 14.8 Å². The smallest absolute Gasteiger partial charge is 0.336 e. The average molecular weight is 235 g/mol. The zero-order valence-electron chi connectivity index (χ0n) is 10.1. The van der Waals surface area contributed by atoms with Crippen LogP contribution in [-0.4, -0.2) is 19.2 Å². The van der Waals surface area contributed by atoms with Crippen molar-refractivity contribution in [2.24, 2.45) is 0 Å². The molecule has 92 valence electrons. The minimum Gasteiger partial charge on any atom is -0.479 e. The van der Waals surface area contributed by atoms with Gasteiger partial charge in [0, 0.05) is 5.69 Å². The standard InChI is InChI=1S/C13H17NO3/c1-3-16-12(10-13(15)17-4-2)14-11-8-6-5-7-9-11/h5-10,14H,3-4H2,1-2H3. The van der Waals surface area contributed by atoms with E-state index < -0.39 is 5.97 Å². The number of benzene rings is 1. The van der Waals surface area contributed by atoms with E-state index in [2.05, 4.69) is 5.32 Å². The molecule has 0 fully saturated rings. The summed E-state index contributed by atoms with van der Waals surface area (Å²) in [4.78, 5) is 11.3. The van der Waals surface area contributed by atoms with Crippen molar-refractivity contribution < 1.29 is 14.3 Å². The van der Waals surface area contributed by atoms with Crippen LogP contribution in [0.2, 0.25) is 0 Å². The number of rotatable bonds is 6. The van der Waals surface area contributed by atoms with Gasteiger partial charge in [-0.25, -0.2) is 4.79 Å². The molecule has 0 atom stereocenters. The Bertz CT molecular complexity index is 374. The maximum absolute atomic E-state index is 11.3. The SMILES string of the molecule is CCOC(=O)C=C(Nc1ccccc1)OCC. The predicted molar refractivity (Wildman–Crippen MR) is 66.4 cm³/mol. The van der Waals surface area contributed by atoms with Crippen molar-refractivity contribution in [3.63, 3.8) is 0 Å². The first-order valence-electron chi connectivity index (χ1n) is 5.59. The molecule has 0 bridgehead atoms. The quantitative estimate of drug-likeness (QED) is 0.467. The fourth-order valence-corrected chi connectivity index (χ4v) is 1.22. The third kappa shape index (κ3) is 5.06. The Morgan fingerprint density at radius 1 is 1.18 bits per heavy atom. The number of carbonyl (C=O) groups excluding carboxylic acids is 1. The lowest BCUT2D eigenvalue weighted by Gasteiger charge is -2.11. The van der Waals surface area contributed by atoms with E-state index in [0.29, 0.717) is 19.1 Å². The molecule has 0 heterocycles. The first kappa shape index (κ1) is 13.1. The molecule has 1 aromatic rings. The topological polar surface area (TPSA) is 47.6 Å². The van der Waals surface area contributed by atoms with Crippen LogP contribution in [-0.2, 0) is 14.3 Å². The molecule has 1 rings (SSSR count). The number of hydrogen-bond donors (Lipinski definition) is 1. The normalized spacial score (nSPS) is 10.8. The van der Waals surface area contributed by atoms with Crippen LogP contribution in [0.3, 0.4) is 0 Å². The van der Waals surface area contributed by atoms with Crippen LogP contribution in [0.5, 0.6) is 0 Å². The maximum Gasteiger partial charge on any atom is 0.336 e. The summed E-state index contributed by atoms with van der Waals surface area (Å²) in [5.74, 6) is -0.0310. The van der Waals surface area contributed by atoms with Gasteiger partial charge in [0.15, 0.2) is 5.88 Å². The molecule has 0 saturated carbocycles. The third-order valence-corrected chi connectivity index (χ3v) is 1.88. The van der Waals surface area contributed by atoms with E-state index in [1.807, 2.05) is 37.3 Å². The maximum atomic E-state index is 11.3. The molecule has 0 aliphatic rings. The molecular weight excluding hydrogens is 218 g/mol. The summed E-state index contributed by atoms with van der Waals surface area (Å²) in [6.07, 6.45) is 1.31. The molecule has 4 heteroatoms. The van der Waals surface area contributed by atoms with Gasteiger partial charge in [0.1, 0.15) is 0 Å². The van der Waals surface area contributed by atoms with Crippen LogP contribution in [0, 0.1) is 0 Å². The first-order chi connectivity index (χ1) is 8.26. The van der Waals surface area contributed by atoms with Crippen LogP contribution < -0.4 is 5.32 Å². The van der Waals surface area contributed by atoms with Crippen molar-refractivity contribution in [3.8, 4) is 0 Å². The van der Waals surface area contributed by atoms with Gasteiger partial charge in [0.2, 0.25) is 0 Å². The molecule has 0 aliphatic heterocycles. The third-order valence-electron chi connectivity index (χ3n) is 1.88. The minimum atomic E-state index is -0.417. The van der Waals surface area contributed by atoms with Crippen LogP contribution in [0.15, 0.2) is 42.3 Å². The van der Waals surface area contributed by atoms with E-state index in [1.165, 1.54) is 6.08 Å². The molecule has 0 saturated heterocycles. The van der Waals surface area contributed by atoms with Crippen LogP contribution >= 0.6 is 0 Å². The van der Waals surface area contributed by atoms with E-state index in [1.54, 1.807) is 6.92 Å². The zero-order valence-corrected chi connectivity index (χ0v) is 10.1. The van der Waals surface area contributed by atoms with Crippen molar-refractivity contribution in [3.05, 3.63) is 42.3 Å². The molecule has 17 heavy (non-hydrogen) atoms. The molecule has 0 aromatic heterocycles. The Labute approximate surface area is 101 Å². The lowest BCUT2D eigenvalue weighted by molar-refractivity contribution is -0.137. The second kappa shape index (κ2) is 7.33. The minimum absolute atomic E-state index is 0.347. The van der Waals surface area contributed by atoms with Gasteiger partial charge in [-0.3, -0.25) is 0 Å². The summed E-state index contributed by atoms with van der Waals surface area (Å²) in [5, 5.41) is 3.01. The number of anilines is 1. The van der Waals surface area contributed by atoms with Crippen LogP contribution in [0.4, 0.5) is 5.69 Å². The molecule has 1 aromatic carbocycles. The second-order valence-electron chi connectivity index (χ2n) is 3.18. The van der Waals surface area contributed by atoms with Gasteiger partial charge in [-0.2, -0.15) is 0 Å². The van der Waals surface area contributed by atoms with Gasteiger partial charge in [0.05, 0.1) is 19.3 Å². The molecule has 4 nitrogen and oxygen atoms in total. The fourth-order valence-electron chi connectivity index (χ4n) is 1.22. The van der Waals surface area contributed by atoms with Gasteiger partial charge in [-0.1, -0.05) is 18.2 Å². The largest absolute Gasteiger partial charge is 0.479 e. The number of nitrogens with one attached hydrogen (secondary N) is 1. The van der Waals surface area contributed by atoms with E-state index in [4.69, 9.17) is 9.47 Å². The van der Waals surface area contributed by atoms with Crippen molar-refractivity contribution in [1.29, 1.82) is 0 Å². The highest BCUT2D eigenvalue weighted by Crippen LogP contribution is 2.10. The Balaban J connectivity index is 2.69. The average Bonchev–Trinajstić information content (AvgIpc) is 2.31. The predicted octanol–water partition coefficient (Wildman–Crippen LogP) is 2.54. The highest BCUT2D eigenvalue weighted by Gasteiger charge is 2.03. The zero-order chi connectivity index (χ0) is 12.5. The van der Waals surface area contributed by atoms with Crippen molar-refractivity contribution >= 4 is 11.7 Å². The Hall–Kier alpha value is -1.97. The molecule has 0 unspecified atom stereocenters. The summed E-state index contributed by atoms with van der Waals surface area (Å²) in [6.45, 7) is 4.44.